The van der Waals surface area contributed by atoms with Crippen LogP contribution in [-0.4, -0.2) is 34.8 Å². The van der Waals surface area contributed by atoms with Crippen molar-refractivity contribution in [2.45, 2.75) is 95.7 Å². The fraction of sp³-hybridized carbons (Fsp3) is 0.625. The maximum atomic E-state index is 12.7. The Morgan fingerprint density at radius 1 is 1.10 bits per heavy atom. The SMILES string of the molecule is C[C@H](NC(=O)CC[C@@H]1NC(=O)N(C2CCCCC2)C1=O)c1ccc2c(c1)CCCC2. The Balaban J connectivity index is 1.28. The van der Waals surface area contributed by atoms with E-state index >= 15 is 0 Å². The molecular weight excluding hydrogens is 378 g/mol. The van der Waals surface area contributed by atoms with Crippen molar-refractivity contribution >= 4 is 17.8 Å². The minimum absolute atomic E-state index is 0.0223. The summed E-state index contributed by atoms with van der Waals surface area (Å²) >= 11 is 0. The molecule has 3 aliphatic rings. The molecule has 1 heterocycles. The quantitative estimate of drug-likeness (QED) is 0.700. The zero-order chi connectivity index (χ0) is 21.1. The van der Waals surface area contributed by atoms with E-state index < -0.39 is 6.04 Å². The summed E-state index contributed by atoms with van der Waals surface area (Å²) in [6.45, 7) is 2.00. The number of amides is 4. The van der Waals surface area contributed by atoms with Crippen LogP contribution in [0.25, 0.3) is 0 Å². The Bertz CT molecular complexity index is 816. The molecule has 6 nitrogen and oxygen atoms in total. The molecule has 162 valence electrons. The van der Waals surface area contributed by atoms with Crippen LogP contribution in [0.2, 0.25) is 0 Å². The molecule has 2 aliphatic carbocycles. The first-order valence-corrected chi connectivity index (χ1v) is 11.6. The number of nitrogens with zero attached hydrogens (tertiary/aromatic N) is 1. The standard InChI is InChI=1S/C24H33N3O3/c1-16(18-12-11-17-7-5-6-8-19(17)15-18)25-22(28)14-13-21-23(29)27(24(30)26-21)20-9-3-2-4-10-20/h11-12,15-16,20-21H,2-10,13-14H2,1H3,(H,25,28)(H,26,30)/t16-,21-/m0/s1. The zero-order valence-electron chi connectivity index (χ0n) is 17.9. The molecule has 0 aromatic heterocycles. The lowest BCUT2D eigenvalue weighted by molar-refractivity contribution is -0.129. The van der Waals surface area contributed by atoms with Crippen molar-refractivity contribution in [1.82, 2.24) is 15.5 Å². The normalized spacial score (nSPS) is 23.1. The van der Waals surface area contributed by atoms with Crippen LogP contribution < -0.4 is 10.6 Å². The van der Waals surface area contributed by atoms with Crippen LogP contribution >= 0.6 is 0 Å². The smallest absolute Gasteiger partial charge is 0.325 e. The second kappa shape index (κ2) is 9.19. The summed E-state index contributed by atoms with van der Waals surface area (Å²) in [5.41, 5.74) is 3.96. The highest BCUT2D eigenvalue weighted by Gasteiger charge is 2.42. The first-order valence-electron chi connectivity index (χ1n) is 11.6. The van der Waals surface area contributed by atoms with Crippen molar-refractivity contribution < 1.29 is 14.4 Å². The van der Waals surface area contributed by atoms with E-state index in [2.05, 4.69) is 28.8 Å². The van der Waals surface area contributed by atoms with Crippen LogP contribution in [-0.2, 0) is 22.4 Å². The van der Waals surface area contributed by atoms with E-state index in [1.54, 1.807) is 0 Å². The van der Waals surface area contributed by atoms with Crippen molar-refractivity contribution in [3.05, 3.63) is 34.9 Å². The summed E-state index contributed by atoms with van der Waals surface area (Å²) in [4.78, 5) is 38.9. The van der Waals surface area contributed by atoms with Gasteiger partial charge >= 0.3 is 6.03 Å². The Morgan fingerprint density at radius 3 is 2.60 bits per heavy atom. The fourth-order valence-electron chi connectivity index (χ4n) is 5.12. The van der Waals surface area contributed by atoms with Crippen molar-refractivity contribution in [3.8, 4) is 0 Å². The van der Waals surface area contributed by atoms with Gasteiger partial charge in [0.2, 0.25) is 5.91 Å². The first-order chi connectivity index (χ1) is 14.5. The molecule has 6 heteroatoms. The highest BCUT2D eigenvalue weighted by Crippen LogP contribution is 2.27. The molecule has 1 aromatic carbocycles. The van der Waals surface area contributed by atoms with E-state index in [1.165, 1.54) is 35.3 Å². The van der Waals surface area contributed by atoms with Crippen LogP contribution in [0.5, 0.6) is 0 Å². The predicted molar refractivity (Wildman–Crippen MR) is 115 cm³/mol. The van der Waals surface area contributed by atoms with Crippen LogP contribution in [0, 0.1) is 0 Å². The number of benzene rings is 1. The second-order valence-electron chi connectivity index (χ2n) is 9.07. The lowest BCUT2D eigenvalue weighted by atomic mass is 9.89. The Hall–Kier alpha value is -2.37. The summed E-state index contributed by atoms with van der Waals surface area (Å²) in [5, 5.41) is 5.83. The van der Waals surface area contributed by atoms with Crippen LogP contribution in [0.4, 0.5) is 4.79 Å². The van der Waals surface area contributed by atoms with Gasteiger partial charge in [-0.1, -0.05) is 37.5 Å². The van der Waals surface area contributed by atoms with Gasteiger partial charge in [0.15, 0.2) is 0 Å². The second-order valence-corrected chi connectivity index (χ2v) is 9.07. The topological polar surface area (TPSA) is 78.5 Å². The Morgan fingerprint density at radius 2 is 1.83 bits per heavy atom. The number of aryl methyl sites for hydroxylation is 2. The lowest BCUT2D eigenvalue weighted by Crippen LogP contribution is -2.42. The van der Waals surface area contributed by atoms with Gasteiger partial charge in [0.05, 0.1) is 6.04 Å². The maximum Gasteiger partial charge on any atom is 0.325 e. The molecule has 1 aromatic rings. The largest absolute Gasteiger partial charge is 0.350 e. The third-order valence-corrected chi connectivity index (χ3v) is 6.90. The number of hydrogen-bond acceptors (Lipinski definition) is 3. The van der Waals surface area contributed by atoms with E-state index in [9.17, 15) is 14.4 Å². The van der Waals surface area contributed by atoms with Crippen LogP contribution in [0.15, 0.2) is 18.2 Å². The molecule has 1 saturated carbocycles. The molecule has 1 saturated heterocycles. The molecule has 0 unspecified atom stereocenters. The average molecular weight is 412 g/mol. The van der Waals surface area contributed by atoms with Gasteiger partial charge in [0.1, 0.15) is 6.04 Å². The molecule has 1 aliphatic heterocycles. The lowest BCUT2D eigenvalue weighted by Gasteiger charge is -2.28. The summed E-state index contributed by atoms with van der Waals surface area (Å²) < 4.78 is 0. The summed E-state index contributed by atoms with van der Waals surface area (Å²) in [5.74, 6) is -0.249. The molecule has 0 spiro atoms. The van der Waals surface area contributed by atoms with Gasteiger partial charge in [-0.15, -0.1) is 0 Å². The average Bonchev–Trinajstić information content (AvgIpc) is 3.05. The molecule has 4 rings (SSSR count). The monoisotopic (exact) mass is 411 g/mol. The predicted octanol–water partition coefficient (Wildman–Crippen LogP) is 3.78. The number of imide groups is 1. The Kier molecular flexibility index (Phi) is 6.40. The highest BCUT2D eigenvalue weighted by atomic mass is 16.2. The zero-order valence-corrected chi connectivity index (χ0v) is 17.9. The molecule has 2 fully saturated rings. The molecule has 2 atom stereocenters. The van der Waals surface area contributed by atoms with E-state index in [0.717, 1.165) is 44.1 Å². The number of nitrogens with one attached hydrogen (secondary N) is 2. The molecule has 0 bridgehead atoms. The van der Waals surface area contributed by atoms with Crippen molar-refractivity contribution in [1.29, 1.82) is 0 Å². The maximum absolute atomic E-state index is 12.7. The van der Waals surface area contributed by atoms with Crippen molar-refractivity contribution in [2.24, 2.45) is 0 Å². The third kappa shape index (κ3) is 4.52. The molecular formula is C24H33N3O3. The number of urea groups is 1. The third-order valence-electron chi connectivity index (χ3n) is 6.90. The van der Waals surface area contributed by atoms with E-state index in [-0.39, 0.29) is 36.3 Å². The van der Waals surface area contributed by atoms with Gasteiger partial charge in [-0.25, -0.2) is 4.79 Å². The van der Waals surface area contributed by atoms with Gasteiger partial charge in [0.25, 0.3) is 5.91 Å². The minimum Gasteiger partial charge on any atom is -0.350 e. The molecule has 2 N–H and O–H groups in total. The summed E-state index contributed by atoms with van der Waals surface area (Å²) in [6.07, 6.45) is 10.4. The van der Waals surface area contributed by atoms with Gasteiger partial charge in [0, 0.05) is 12.5 Å². The van der Waals surface area contributed by atoms with Gasteiger partial charge in [-0.2, -0.15) is 0 Å². The summed E-state index contributed by atoms with van der Waals surface area (Å²) in [7, 11) is 0. The van der Waals surface area contributed by atoms with Crippen molar-refractivity contribution in [2.75, 3.05) is 0 Å². The molecule has 30 heavy (non-hydrogen) atoms. The Labute approximate surface area is 178 Å². The van der Waals surface area contributed by atoms with Gasteiger partial charge in [-0.05, 0) is 68.6 Å². The first kappa shape index (κ1) is 20.9. The highest BCUT2D eigenvalue weighted by molar-refractivity contribution is 6.04. The van der Waals surface area contributed by atoms with Crippen molar-refractivity contribution in [3.63, 3.8) is 0 Å². The number of carbonyl (C=O) groups is 3. The van der Waals surface area contributed by atoms with E-state index in [1.807, 2.05) is 6.92 Å². The van der Waals surface area contributed by atoms with Crippen LogP contribution in [0.1, 0.15) is 87.4 Å². The van der Waals surface area contributed by atoms with E-state index in [0.29, 0.717) is 6.42 Å². The fourth-order valence-corrected chi connectivity index (χ4v) is 5.12. The number of hydrogen-bond donors (Lipinski definition) is 2. The number of carbonyl (C=O) groups excluding carboxylic acids is 3. The van der Waals surface area contributed by atoms with Crippen LogP contribution in [0.3, 0.4) is 0 Å². The molecule has 4 amide bonds. The number of fused-ring (bicyclic) bond motifs is 1. The number of rotatable bonds is 6. The summed E-state index contributed by atoms with van der Waals surface area (Å²) in [6, 6.07) is 5.61. The van der Waals surface area contributed by atoms with E-state index in [4.69, 9.17) is 0 Å². The van der Waals surface area contributed by atoms with Gasteiger partial charge in [-0.3, -0.25) is 14.5 Å². The van der Waals surface area contributed by atoms with Gasteiger partial charge < -0.3 is 10.6 Å². The molecule has 0 radical (unpaired) electrons. The minimum atomic E-state index is -0.579.